The van der Waals surface area contributed by atoms with Crippen molar-refractivity contribution in [2.24, 2.45) is 5.92 Å². The lowest BCUT2D eigenvalue weighted by atomic mass is 9.87. The maximum absolute atomic E-state index is 12.6. The molecule has 2 bridgehead atoms. The first-order valence-electron chi connectivity index (χ1n) is 7.36. The Morgan fingerprint density at radius 2 is 2.00 bits per heavy atom. The van der Waals surface area contributed by atoms with Gasteiger partial charge >= 0.3 is 0 Å². The Kier molecular flexibility index (Phi) is 3.12. The molecular formula is C14H24N2O. The molecule has 0 aromatic heterocycles. The summed E-state index contributed by atoms with van der Waals surface area (Å²) in [7, 11) is 0. The van der Waals surface area contributed by atoms with Crippen LogP contribution in [0, 0.1) is 5.92 Å². The molecule has 3 heteroatoms. The average Bonchev–Trinajstić information content (AvgIpc) is 3.06. The second-order valence-electron chi connectivity index (χ2n) is 5.95. The van der Waals surface area contributed by atoms with Gasteiger partial charge in [0.2, 0.25) is 5.91 Å². The van der Waals surface area contributed by atoms with Crippen molar-refractivity contribution < 1.29 is 4.79 Å². The molecule has 0 spiro atoms. The molecule has 1 aliphatic carbocycles. The highest BCUT2D eigenvalue weighted by Crippen LogP contribution is 2.35. The van der Waals surface area contributed by atoms with Gasteiger partial charge < -0.3 is 10.2 Å². The number of carbonyl (C=O) groups excluding carboxylic acids is 1. The van der Waals surface area contributed by atoms with Gasteiger partial charge in [0.15, 0.2) is 0 Å². The molecular weight excluding hydrogens is 212 g/mol. The minimum atomic E-state index is 0.286. The Bertz CT molecular complexity index is 299. The summed E-state index contributed by atoms with van der Waals surface area (Å²) in [4.78, 5) is 14.8. The van der Waals surface area contributed by atoms with Gasteiger partial charge in [-0.1, -0.05) is 12.8 Å². The molecule has 0 aromatic carbocycles. The van der Waals surface area contributed by atoms with Crippen LogP contribution in [0.4, 0.5) is 0 Å². The van der Waals surface area contributed by atoms with E-state index in [1.807, 2.05) is 0 Å². The fourth-order valence-electron chi connectivity index (χ4n) is 4.12. The van der Waals surface area contributed by atoms with Gasteiger partial charge in [-0.25, -0.2) is 0 Å². The van der Waals surface area contributed by atoms with E-state index >= 15 is 0 Å². The van der Waals surface area contributed by atoms with Gasteiger partial charge in [0, 0.05) is 24.7 Å². The lowest BCUT2D eigenvalue weighted by Crippen LogP contribution is -2.45. The van der Waals surface area contributed by atoms with Crippen molar-refractivity contribution in [3.8, 4) is 0 Å². The van der Waals surface area contributed by atoms with E-state index in [2.05, 4.69) is 17.1 Å². The van der Waals surface area contributed by atoms with E-state index in [1.165, 1.54) is 38.5 Å². The molecule has 1 amide bonds. The van der Waals surface area contributed by atoms with E-state index in [4.69, 9.17) is 0 Å². The third-order valence-corrected chi connectivity index (χ3v) is 5.01. The minimum absolute atomic E-state index is 0.286. The quantitative estimate of drug-likeness (QED) is 0.812. The lowest BCUT2D eigenvalue weighted by molar-refractivity contribution is -0.138. The predicted octanol–water partition coefficient (Wildman–Crippen LogP) is 1.92. The Morgan fingerprint density at radius 1 is 1.24 bits per heavy atom. The maximum atomic E-state index is 12.6. The molecule has 2 saturated heterocycles. The monoisotopic (exact) mass is 236 g/mol. The topological polar surface area (TPSA) is 32.3 Å². The molecule has 3 fully saturated rings. The Labute approximate surface area is 104 Å². The van der Waals surface area contributed by atoms with Crippen LogP contribution in [0.5, 0.6) is 0 Å². The number of hydrogen-bond acceptors (Lipinski definition) is 2. The third-order valence-electron chi connectivity index (χ3n) is 5.01. The van der Waals surface area contributed by atoms with Crippen molar-refractivity contribution >= 4 is 5.91 Å². The van der Waals surface area contributed by atoms with Gasteiger partial charge in [-0.05, 0) is 39.0 Å². The number of rotatable bonds is 3. The zero-order chi connectivity index (χ0) is 11.8. The number of amides is 1. The zero-order valence-electron chi connectivity index (χ0n) is 10.8. The first-order valence-corrected chi connectivity index (χ1v) is 7.36. The molecule has 3 aliphatic rings. The van der Waals surface area contributed by atoms with Crippen LogP contribution in [-0.2, 0) is 4.79 Å². The summed E-state index contributed by atoms with van der Waals surface area (Å²) in [5, 5.41) is 3.58. The molecule has 17 heavy (non-hydrogen) atoms. The summed E-state index contributed by atoms with van der Waals surface area (Å²) < 4.78 is 0. The third kappa shape index (κ3) is 1.99. The Hall–Kier alpha value is -0.570. The van der Waals surface area contributed by atoms with Crippen LogP contribution < -0.4 is 5.32 Å². The van der Waals surface area contributed by atoms with E-state index in [9.17, 15) is 4.79 Å². The first-order chi connectivity index (χ1) is 8.29. The van der Waals surface area contributed by atoms with Crippen LogP contribution >= 0.6 is 0 Å². The smallest absolute Gasteiger partial charge is 0.227 e. The van der Waals surface area contributed by atoms with Crippen LogP contribution in [0.15, 0.2) is 0 Å². The van der Waals surface area contributed by atoms with E-state index in [0.717, 1.165) is 13.0 Å². The number of fused-ring (bicyclic) bond motifs is 2. The number of carbonyl (C=O) groups is 1. The molecule has 3 unspecified atom stereocenters. The minimum Gasteiger partial charge on any atom is -0.340 e. The number of nitrogens with zero attached hydrogens (tertiary/aromatic N) is 1. The van der Waals surface area contributed by atoms with Gasteiger partial charge in [0.25, 0.3) is 0 Å². The molecule has 1 N–H and O–H groups in total. The van der Waals surface area contributed by atoms with E-state index in [-0.39, 0.29) is 5.92 Å². The van der Waals surface area contributed by atoms with Crippen LogP contribution in [0.3, 0.4) is 0 Å². The molecule has 0 radical (unpaired) electrons. The van der Waals surface area contributed by atoms with Crippen molar-refractivity contribution in [3.63, 3.8) is 0 Å². The van der Waals surface area contributed by atoms with Crippen LogP contribution in [-0.4, -0.2) is 35.5 Å². The molecule has 3 atom stereocenters. The van der Waals surface area contributed by atoms with Crippen LogP contribution in [0.25, 0.3) is 0 Å². The molecule has 2 heterocycles. The van der Waals surface area contributed by atoms with Crippen molar-refractivity contribution in [2.45, 2.75) is 70.0 Å². The summed E-state index contributed by atoms with van der Waals surface area (Å²) in [5.74, 6) is 0.730. The molecule has 3 rings (SSSR count). The zero-order valence-corrected chi connectivity index (χ0v) is 10.8. The number of hydrogen-bond donors (Lipinski definition) is 1. The SMILES string of the molecule is CCN(C(=O)C1CC2CCC1N2)C1CCCC1. The van der Waals surface area contributed by atoms with E-state index < -0.39 is 0 Å². The van der Waals surface area contributed by atoms with Crippen molar-refractivity contribution in [3.05, 3.63) is 0 Å². The van der Waals surface area contributed by atoms with Crippen LogP contribution in [0.1, 0.15) is 51.9 Å². The van der Waals surface area contributed by atoms with Gasteiger partial charge in [-0.3, -0.25) is 4.79 Å². The normalized spacial score (nSPS) is 36.6. The molecule has 96 valence electrons. The second-order valence-corrected chi connectivity index (χ2v) is 5.95. The van der Waals surface area contributed by atoms with Crippen LogP contribution in [0.2, 0.25) is 0 Å². The van der Waals surface area contributed by atoms with Crippen molar-refractivity contribution in [1.29, 1.82) is 0 Å². The maximum Gasteiger partial charge on any atom is 0.227 e. The summed E-state index contributed by atoms with van der Waals surface area (Å²) in [6, 6.07) is 1.67. The fraction of sp³-hybridized carbons (Fsp3) is 0.929. The second kappa shape index (κ2) is 4.60. The van der Waals surface area contributed by atoms with E-state index in [0.29, 0.717) is 24.0 Å². The first kappa shape index (κ1) is 11.5. The van der Waals surface area contributed by atoms with E-state index in [1.54, 1.807) is 0 Å². The van der Waals surface area contributed by atoms with Gasteiger partial charge in [0.1, 0.15) is 0 Å². The summed E-state index contributed by atoms with van der Waals surface area (Å²) in [6.07, 6.45) is 8.66. The predicted molar refractivity (Wildman–Crippen MR) is 67.7 cm³/mol. The average molecular weight is 236 g/mol. The van der Waals surface area contributed by atoms with Crippen molar-refractivity contribution in [2.75, 3.05) is 6.54 Å². The fourth-order valence-corrected chi connectivity index (χ4v) is 4.12. The highest BCUT2D eigenvalue weighted by molar-refractivity contribution is 5.80. The highest BCUT2D eigenvalue weighted by Gasteiger charge is 2.44. The highest BCUT2D eigenvalue weighted by atomic mass is 16.2. The Balaban J connectivity index is 1.67. The molecule has 3 nitrogen and oxygen atoms in total. The molecule has 2 aliphatic heterocycles. The van der Waals surface area contributed by atoms with Gasteiger partial charge in [-0.15, -0.1) is 0 Å². The Morgan fingerprint density at radius 3 is 2.53 bits per heavy atom. The molecule has 0 aromatic rings. The largest absolute Gasteiger partial charge is 0.340 e. The summed E-state index contributed by atoms with van der Waals surface area (Å²) in [5.41, 5.74) is 0. The lowest BCUT2D eigenvalue weighted by Gasteiger charge is -2.32. The van der Waals surface area contributed by atoms with Crippen molar-refractivity contribution in [1.82, 2.24) is 10.2 Å². The van der Waals surface area contributed by atoms with Gasteiger partial charge in [0.05, 0.1) is 5.92 Å². The summed E-state index contributed by atoms with van der Waals surface area (Å²) >= 11 is 0. The van der Waals surface area contributed by atoms with Gasteiger partial charge in [-0.2, -0.15) is 0 Å². The standard InChI is InChI=1S/C14H24N2O/c1-2-16(11-5-3-4-6-11)14(17)12-9-10-7-8-13(12)15-10/h10-13,15H,2-9H2,1H3. The molecule has 1 saturated carbocycles. The summed E-state index contributed by atoms with van der Waals surface area (Å²) in [6.45, 7) is 3.04. The number of nitrogens with one attached hydrogen (secondary N) is 1.